The first kappa shape index (κ1) is 18.5. The third kappa shape index (κ3) is 3.46. The molecule has 0 saturated carbocycles. The first-order chi connectivity index (χ1) is 12.4. The molecule has 2 aromatic rings. The lowest BCUT2D eigenvalue weighted by Crippen LogP contribution is -2.36. The first-order valence-corrected chi connectivity index (χ1v) is 9.12. The minimum Gasteiger partial charge on any atom is -0.481 e. The highest BCUT2D eigenvalue weighted by Gasteiger charge is 2.18. The van der Waals surface area contributed by atoms with E-state index in [2.05, 4.69) is 29.4 Å². The molecule has 0 aliphatic carbocycles. The molecule has 6 heteroatoms. The van der Waals surface area contributed by atoms with Crippen LogP contribution in [0.3, 0.4) is 0 Å². The van der Waals surface area contributed by atoms with Gasteiger partial charge in [-0.2, -0.15) is 0 Å². The molecule has 6 nitrogen and oxygen atoms in total. The molecule has 1 aromatic carbocycles. The predicted octanol–water partition coefficient (Wildman–Crippen LogP) is 2.74. The van der Waals surface area contributed by atoms with Crippen LogP contribution in [-0.4, -0.2) is 41.9 Å². The third-order valence-corrected chi connectivity index (χ3v) is 5.04. The highest BCUT2D eigenvalue weighted by atomic mass is 16.5. The molecule has 1 aliphatic rings. The van der Waals surface area contributed by atoms with Crippen LogP contribution < -0.4 is 10.3 Å². The zero-order valence-electron chi connectivity index (χ0n) is 15.6. The van der Waals surface area contributed by atoms with E-state index in [0.717, 1.165) is 30.0 Å². The summed E-state index contributed by atoms with van der Waals surface area (Å²) in [6.45, 7) is 9.05. The summed E-state index contributed by atoms with van der Waals surface area (Å²) < 4.78 is 7.54. The van der Waals surface area contributed by atoms with Gasteiger partial charge in [0.15, 0.2) is 5.43 Å². The molecule has 0 unspecified atom stereocenters. The Balaban J connectivity index is 2.17. The molecule has 0 radical (unpaired) electrons. The number of carboxylic acid groups (broad SMARTS) is 1. The van der Waals surface area contributed by atoms with Gasteiger partial charge in [-0.15, -0.1) is 0 Å². The van der Waals surface area contributed by atoms with E-state index in [0.29, 0.717) is 24.2 Å². The average molecular weight is 358 g/mol. The number of hydrogen-bond acceptors (Lipinski definition) is 4. The molecule has 2 heterocycles. The molecule has 1 aliphatic heterocycles. The molecule has 1 fully saturated rings. The maximum absolute atomic E-state index is 13.1. The summed E-state index contributed by atoms with van der Waals surface area (Å²) >= 11 is 0. The molecule has 140 valence electrons. The zero-order valence-corrected chi connectivity index (χ0v) is 15.6. The summed E-state index contributed by atoms with van der Waals surface area (Å²) in [6, 6.07) is 6.19. The Bertz CT molecular complexity index is 879. The Hall–Kier alpha value is -2.34. The quantitative estimate of drug-likeness (QED) is 0.890. The summed E-state index contributed by atoms with van der Waals surface area (Å²) in [5, 5.41) is 9.70. The Morgan fingerprint density at radius 2 is 1.96 bits per heavy atom. The van der Waals surface area contributed by atoms with Crippen molar-refractivity contribution in [3.8, 4) is 0 Å². The third-order valence-electron chi connectivity index (χ3n) is 5.04. The van der Waals surface area contributed by atoms with Crippen LogP contribution in [0.15, 0.2) is 23.0 Å². The monoisotopic (exact) mass is 358 g/mol. The van der Waals surface area contributed by atoms with E-state index in [1.165, 1.54) is 0 Å². The Labute approximate surface area is 153 Å². The molecular formula is C20H26N2O4. The van der Waals surface area contributed by atoms with Crippen LogP contribution in [0.5, 0.6) is 0 Å². The molecule has 1 aromatic heterocycles. The van der Waals surface area contributed by atoms with Crippen LogP contribution in [0.1, 0.15) is 37.6 Å². The summed E-state index contributed by atoms with van der Waals surface area (Å²) in [4.78, 5) is 26.4. The van der Waals surface area contributed by atoms with E-state index >= 15 is 0 Å². The van der Waals surface area contributed by atoms with Gasteiger partial charge in [0.05, 0.1) is 18.7 Å². The van der Waals surface area contributed by atoms with Crippen LogP contribution in [0.4, 0.5) is 5.69 Å². The maximum Gasteiger partial charge on any atom is 0.303 e. The van der Waals surface area contributed by atoms with Gasteiger partial charge in [-0.05, 0) is 45.4 Å². The number of hydrogen-bond donors (Lipinski definition) is 1. The largest absolute Gasteiger partial charge is 0.481 e. The molecule has 0 spiro atoms. The van der Waals surface area contributed by atoms with Crippen molar-refractivity contribution in [3.63, 3.8) is 0 Å². The van der Waals surface area contributed by atoms with E-state index in [-0.39, 0.29) is 24.3 Å². The van der Waals surface area contributed by atoms with Gasteiger partial charge in [0.25, 0.3) is 0 Å². The summed E-state index contributed by atoms with van der Waals surface area (Å²) in [6.07, 6.45) is 0.216. The number of ether oxygens (including phenoxy) is 1. The van der Waals surface area contributed by atoms with Gasteiger partial charge >= 0.3 is 5.97 Å². The van der Waals surface area contributed by atoms with Crippen molar-refractivity contribution in [3.05, 3.63) is 39.7 Å². The molecule has 0 bridgehead atoms. The highest BCUT2D eigenvalue weighted by molar-refractivity contribution is 5.84. The van der Waals surface area contributed by atoms with Crippen LogP contribution in [0, 0.1) is 6.92 Å². The van der Waals surface area contributed by atoms with Crippen molar-refractivity contribution in [2.75, 3.05) is 31.2 Å². The van der Waals surface area contributed by atoms with E-state index in [9.17, 15) is 9.59 Å². The second kappa shape index (κ2) is 7.50. The Morgan fingerprint density at radius 3 is 2.58 bits per heavy atom. The normalized spacial score (nSPS) is 15.0. The number of fused-ring (bicyclic) bond motifs is 1. The van der Waals surface area contributed by atoms with Crippen molar-refractivity contribution in [2.45, 2.75) is 39.7 Å². The van der Waals surface area contributed by atoms with E-state index in [1.807, 2.05) is 19.1 Å². The lowest BCUT2D eigenvalue weighted by Gasteiger charge is -2.29. The average Bonchev–Trinajstić information content (AvgIpc) is 2.61. The van der Waals surface area contributed by atoms with Crippen molar-refractivity contribution in [2.24, 2.45) is 0 Å². The molecule has 1 N–H and O–H groups in total. The molecular weight excluding hydrogens is 332 g/mol. The van der Waals surface area contributed by atoms with Gasteiger partial charge in [-0.1, -0.05) is 0 Å². The van der Waals surface area contributed by atoms with E-state index < -0.39 is 5.97 Å². The molecule has 1 saturated heterocycles. The number of aliphatic carboxylic acids is 1. The van der Waals surface area contributed by atoms with Gasteiger partial charge in [-0.25, -0.2) is 0 Å². The van der Waals surface area contributed by atoms with Gasteiger partial charge in [0.2, 0.25) is 0 Å². The number of morpholine rings is 1. The first-order valence-electron chi connectivity index (χ1n) is 9.12. The number of rotatable bonds is 5. The smallest absolute Gasteiger partial charge is 0.303 e. The number of benzene rings is 1. The highest BCUT2D eigenvalue weighted by Crippen LogP contribution is 2.26. The van der Waals surface area contributed by atoms with Gasteiger partial charge in [-0.3, -0.25) is 9.59 Å². The molecule has 0 atom stereocenters. The van der Waals surface area contributed by atoms with Crippen molar-refractivity contribution in [1.82, 2.24) is 4.57 Å². The SMILES string of the molecule is Cc1c(CCC(=O)O)c(=O)c2cc(N3CCOCC3)ccc2n1C(C)C. The molecule has 26 heavy (non-hydrogen) atoms. The fourth-order valence-corrected chi connectivity index (χ4v) is 3.78. The maximum atomic E-state index is 13.1. The second-order valence-electron chi connectivity index (χ2n) is 7.05. The molecule has 3 rings (SSSR count). The fourth-order valence-electron chi connectivity index (χ4n) is 3.78. The minimum absolute atomic E-state index is 0.0389. The molecule has 0 amide bonds. The van der Waals surface area contributed by atoms with Crippen LogP contribution in [-0.2, 0) is 16.0 Å². The summed E-state index contributed by atoms with van der Waals surface area (Å²) in [7, 11) is 0. The van der Waals surface area contributed by atoms with Gasteiger partial charge < -0.3 is 19.3 Å². The van der Waals surface area contributed by atoms with Gasteiger partial charge in [0, 0.05) is 47.9 Å². The number of nitrogens with zero attached hydrogens (tertiary/aromatic N) is 2. The number of pyridine rings is 1. The second-order valence-corrected chi connectivity index (χ2v) is 7.05. The minimum atomic E-state index is -0.887. The van der Waals surface area contributed by atoms with E-state index in [1.54, 1.807) is 0 Å². The summed E-state index contributed by atoms with van der Waals surface area (Å²) in [5.74, 6) is -0.887. The van der Waals surface area contributed by atoms with Crippen LogP contribution in [0.2, 0.25) is 0 Å². The Morgan fingerprint density at radius 1 is 1.27 bits per heavy atom. The standard InChI is InChI=1S/C20H26N2O4/c1-13(2)22-14(3)16(5-7-19(23)24)20(25)17-12-15(4-6-18(17)22)21-8-10-26-11-9-21/h4,6,12-13H,5,7-11H2,1-3H3,(H,23,24). The van der Waals surface area contributed by atoms with Crippen molar-refractivity contribution >= 4 is 22.6 Å². The number of anilines is 1. The number of carbonyl (C=O) groups is 1. The van der Waals surface area contributed by atoms with Crippen LogP contribution in [0.25, 0.3) is 10.9 Å². The zero-order chi connectivity index (χ0) is 18.8. The number of aromatic nitrogens is 1. The summed E-state index contributed by atoms with van der Waals surface area (Å²) in [5.41, 5.74) is 3.33. The van der Waals surface area contributed by atoms with E-state index in [4.69, 9.17) is 9.84 Å². The van der Waals surface area contributed by atoms with Gasteiger partial charge in [0.1, 0.15) is 0 Å². The van der Waals surface area contributed by atoms with Crippen molar-refractivity contribution < 1.29 is 14.6 Å². The fraction of sp³-hybridized carbons (Fsp3) is 0.500. The lowest BCUT2D eigenvalue weighted by atomic mass is 10.0. The predicted molar refractivity (Wildman–Crippen MR) is 102 cm³/mol. The topological polar surface area (TPSA) is 71.8 Å². The van der Waals surface area contributed by atoms with Crippen LogP contribution >= 0.6 is 0 Å². The lowest BCUT2D eigenvalue weighted by molar-refractivity contribution is -0.136. The van der Waals surface area contributed by atoms with Crippen molar-refractivity contribution in [1.29, 1.82) is 0 Å². The number of carboxylic acids is 1. The Kier molecular flexibility index (Phi) is 5.32.